The largest absolute Gasteiger partial charge is 0.466 e. The highest BCUT2D eigenvalue weighted by atomic mass is 16.6. The Bertz CT molecular complexity index is 190. The third kappa shape index (κ3) is 1.46. The van der Waals surface area contributed by atoms with Gasteiger partial charge in [-0.1, -0.05) is 0 Å². The second-order valence-corrected chi connectivity index (χ2v) is 3.48. The lowest BCUT2D eigenvalue weighted by Gasteiger charge is -2.16. The van der Waals surface area contributed by atoms with Crippen molar-refractivity contribution in [1.82, 2.24) is 0 Å². The quantitative estimate of drug-likeness (QED) is 0.460. The molecule has 0 amide bonds. The van der Waals surface area contributed by atoms with Crippen LogP contribution in [-0.2, 0) is 14.3 Å². The van der Waals surface area contributed by atoms with Crippen LogP contribution in [0.25, 0.3) is 0 Å². The van der Waals surface area contributed by atoms with Gasteiger partial charge in [0.05, 0.1) is 24.7 Å². The summed E-state index contributed by atoms with van der Waals surface area (Å²) in [6.45, 7) is 2.33. The Morgan fingerprint density at radius 2 is 2.33 bits per heavy atom. The van der Waals surface area contributed by atoms with E-state index in [1.165, 1.54) is 0 Å². The number of carbonyl (C=O) groups excluding carboxylic acids is 1. The molecule has 0 radical (unpaired) electrons. The van der Waals surface area contributed by atoms with E-state index in [-0.39, 0.29) is 11.9 Å². The summed E-state index contributed by atoms with van der Waals surface area (Å²) < 4.78 is 10.3. The molecule has 2 fully saturated rings. The zero-order valence-electron chi connectivity index (χ0n) is 7.29. The fraction of sp³-hybridized carbons (Fsp3) is 0.889. The third-order valence-electron chi connectivity index (χ3n) is 2.62. The lowest BCUT2D eigenvalue weighted by molar-refractivity contribution is -0.148. The van der Waals surface area contributed by atoms with Gasteiger partial charge in [-0.3, -0.25) is 4.79 Å². The Hall–Kier alpha value is -0.570. The van der Waals surface area contributed by atoms with Crippen molar-refractivity contribution in [1.29, 1.82) is 0 Å². The van der Waals surface area contributed by atoms with E-state index in [4.69, 9.17) is 9.47 Å². The first kappa shape index (κ1) is 8.05. The fourth-order valence-electron chi connectivity index (χ4n) is 1.88. The van der Waals surface area contributed by atoms with Gasteiger partial charge in [0, 0.05) is 0 Å². The maximum absolute atomic E-state index is 11.3. The molecule has 0 aromatic rings. The summed E-state index contributed by atoms with van der Waals surface area (Å²) in [6, 6.07) is 0. The van der Waals surface area contributed by atoms with Crippen LogP contribution in [0.4, 0.5) is 0 Å². The highest BCUT2D eigenvalue weighted by molar-refractivity contribution is 5.72. The number of hydrogen-bond donors (Lipinski definition) is 0. The molecule has 0 aromatic carbocycles. The molecule has 0 aromatic heterocycles. The second-order valence-electron chi connectivity index (χ2n) is 3.48. The molecule has 1 aliphatic heterocycles. The van der Waals surface area contributed by atoms with Gasteiger partial charge in [-0.25, -0.2) is 0 Å². The molecule has 0 spiro atoms. The van der Waals surface area contributed by atoms with Gasteiger partial charge in [-0.2, -0.15) is 0 Å². The highest BCUT2D eigenvalue weighted by Crippen LogP contribution is 2.39. The summed E-state index contributed by atoms with van der Waals surface area (Å²) in [7, 11) is 0. The number of fused-ring (bicyclic) bond motifs is 1. The van der Waals surface area contributed by atoms with Gasteiger partial charge in [-0.15, -0.1) is 0 Å². The summed E-state index contributed by atoms with van der Waals surface area (Å²) in [6.07, 6.45) is 3.70. The zero-order valence-corrected chi connectivity index (χ0v) is 7.29. The molecule has 1 saturated carbocycles. The molecule has 68 valence electrons. The van der Waals surface area contributed by atoms with Crippen LogP contribution in [0.5, 0.6) is 0 Å². The van der Waals surface area contributed by atoms with E-state index in [0.29, 0.717) is 18.8 Å². The Labute approximate surface area is 72.0 Å². The van der Waals surface area contributed by atoms with Gasteiger partial charge >= 0.3 is 5.97 Å². The zero-order chi connectivity index (χ0) is 8.55. The first-order valence-electron chi connectivity index (χ1n) is 4.63. The molecule has 1 saturated heterocycles. The van der Waals surface area contributed by atoms with Gasteiger partial charge in [0.1, 0.15) is 0 Å². The average molecular weight is 170 g/mol. The summed E-state index contributed by atoms with van der Waals surface area (Å²) in [5.74, 6) is 0.0696. The lowest BCUT2D eigenvalue weighted by Crippen LogP contribution is -2.23. The van der Waals surface area contributed by atoms with Crippen LogP contribution in [0.3, 0.4) is 0 Å². The molecule has 3 nitrogen and oxygen atoms in total. The van der Waals surface area contributed by atoms with Crippen molar-refractivity contribution < 1.29 is 14.3 Å². The van der Waals surface area contributed by atoms with Gasteiger partial charge in [0.15, 0.2) is 0 Å². The Balaban J connectivity index is 1.83. The third-order valence-corrected chi connectivity index (χ3v) is 2.62. The highest BCUT2D eigenvalue weighted by Gasteiger charge is 2.46. The standard InChI is InChI=1S/C9H14O3/c1-2-11-9(10)6-3-4-7-8(5-6)12-7/h6-8H,2-5H2,1H3. The first-order chi connectivity index (χ1) is 5.81. The summed E-state index contributed by atoms with van der Waals surface area (Å²) in [5.41, 5.74) is 0. The average Bonchev–Trinajstić information content (AvgIpc) is 2.81. The van der Waals surface area contributed by atoms with Gasteiger partial charge in [0.25, 0.3) is 0 Å². The van der Waals surface area contributed by atoms with Crippen molar-refractivity contribution in [3.8, 4) is 0 Å². The van der Waals surface area contributed by atoms with E-state index in [1.54, 1.807) is 0 Å². The number of hydrogen-bond acceptors (Lipinski definition) is 3. The maximum Gasteiger partial charge on any atom is 0.309 e. The molecule has 3 heteroatoms. The van der Waals surface area contributed by atoms with E-state index < -0.39 is 0 Å². The van der Waals surface area contributed by atoms with Gasteiger partial charge in [-0.05, 0) is 26.2 Å². The van der Waals surface area contributed by atoms with Crippen LogP contribution in [-0.4, -0.2) is 24.8 Å². The Kier molecular flexibility index (Phi) is 2.05. The molecular weight excluding hydrogens is 156 g/mol. The number of esters is 1. The van der Waals surface area contributed by atoms with Crippen LogP contribution in [0, 0.1) is 5.92 Å². The van der Waals surface area contributed by atoms with E-state index >= 15 is 0 Å². The second kappa shape index (κ2) is 3.05. The normalized spacial score (nSPS) is 38.6. The molecule has 12 heavy (non-hydrogen) atoms. The van der Waals surface area contributed by atoms with E-state index in [1.807, 2.05) is 6.92 Å². The smallest absolute Gasteiger partial charge is 0.309 e. The molecule has 3 unspecified atom stereocenters. The van der Waals surface area contributed by atoms with Crippen molar-refractivity contribution in [2.24, 2.45) is 5.92 Å². The van der Waals surface area contributed by atoms with Crippen LogP contribution in [0.2, 0.25) is 0 Å². The van der Waals surface area contributed by atoms with E-state index in [9.17, 15) is 4.79 Å². The number of rotatable bonds is 2. The number of epoxide rings is 1. The molecule has 0 bridgehead atoms. The Morgan fingerprint density at radius 1 is 1.50 bits per heavy atom. The van der Waals surface area contributed by atoms with Crippen molar-refractivity contribution in [2.45, 2.75) is 38.4 Å². The van der Waals surface area contributed by atoms with E-state index in [0.717, 1.165) is 19.3 Å². The molecule has 1 aliphatic carbocycles. The predicted octanol–water partition coefficient (Wildman–Crippen LogP) is 1.12. The van der Waals surface area contributed by atoms with Crippen molar-refractivity contribution in [3.05, 3.63) is 0 Å². The summed E-state index contributed by atoms with van der Waals surface area (Å²) >= 11 is 0. The fourth-order valence-corrected chi connectivity index (χ4v) is 1.88. The minimum Gasteiger partial charge on any atom is -0.466 e. The van der Waals surface area contributed by atoms with Crippen molar-refractivity contribution in [3.63, 3.8) is 0 Å². The van der Waals surface area contributed by atoms with Crippen LogP contribution >= 0.6 is 0 Å². The molecular formula is C9H14O3. The van der Waals surface area contributed by atoms with Crippen molar-refractivity contribution in [2.75, 3.05) is 6.61 Å². The monoisotopic (exact) mass is 170 g/mol. The predicted molar refractivity (Wildman–Crippen MR) is 42.6 cm³/mol. The molecule has 0 N–H and O–H groups in total. The molecule has 3 atom stereocenters. The maximum atomic E-state index is 11.3. The van der Waals surface area contributed by atoms with Crippen LogP contribution in [0.1, 0.15) is 26.2 Å². The number of carbonyl (C=O) groups is 1. The van der Waals surface area contributed by atoms with Crippen molar-refractivity contribution >= 4 is 5.97 Å². The summed E-state index contributed by atoms with van der Waals surface area (Å²) in [5, 5.41) is 0. The molecule has 2 aliphatic rings. The number of ether oxygens (including phenoxy) is 2. The topological polar surface area (TPSA) is 38.8 Å². The first-order valence-corrected chi connectivity index (χ1v) is 4.63. The van der Waals surface area contributed by atoms with E-state index in [2.05, 4.69) is 0 Å². The molecule has 1 heterocycles. The van der Waals surface area contributed by atoms with Gasteiger partial charge in [0.2, 0.25) is 0 Å². The summed E-state index contributed by atoms with van der Waals surface area (Å²) in [4.78, 5) is 11.3. The van der Waals surface area contributed by atoms with Crippen LogP contribution < -0.4 is 0 Å². The minimum absolute atomic E-state index is 0.0357. The van der Waals surface area contributed by atoms with Gasteiger partial charge < -0.3 is 9.47 Å². The molecule has 2 rings (SSSR count). The SMILES string of the molecule is CCOC(=O)C1CCC2OC2C1. The minimum atomic E-state index is -0.0357. The Morgan fingerprint density at radius 3 is 3.00 bits per heavy atom. The van der Waals surface area contributed by atoms with Crippen LogP contribution in [0.15, 0.2) is 0 Å². The lowest BCUT2D eigenvalue weighted by atomic mass is 9.89.